The number of carbonyl (C=O) groups excluding carboxylic acids is 1. The second kappa shape index (κ2) is 4.53. The molecule has 1 aliphatic carbocycles. The van der Waals surface area contributed by atoms with Gasteiger partial charge in [-0.3, -0.25) is 4.90 Å². The van der Waals surface area contributed by atoms with Gasteiger partial charge in [-0.15, -0.1) is 0 Å². The molecular weight excluding hydrogens is 226 g/mol. The first-order valence-corrected chi connectivity index (χ1v) is 5.92. The van der Waals surface area contributed by atoms with Crippen LogP contribution in [0.2, 0.25) is 0 Å². The zero-order chi connectivity index (χ0) is 12.4. The maximum atomic E-state index is 12.0. The molecule has 0 fully saturated rings. The smallest absolute Gasteiger partial charge is 0.414 e. The van der Waals surface area contributed by atoms with Crippen LogP contribution in [0.25, 0.3) is 0 Å². The van der Waals surface area contributed by atoms with Crippen LogP contribution in [0, 0.1) is 0 Å². The second-order valence-electron chi connectivity index (χ2n) is 4.22. The second-order valence-corrected chi connectivity index (χ2v) is 4.22. The quantitative estimate of drug-likeness (QED) is 0.794. The Kier molecular flexibility index (Phi) is 2.73. The van der Waals surface area contributed by atoms with Crippen molar-refractivity contribution in [3.8, 4) is 0 Å². The van der Waals surface area contributed by atoms with E-state index in [0.29, 0.717) is 13.2 Å². The van der Waals surface area contributed by atoms with Crippen molar-refractivity contribution in [2.24, 2.45) is 0 Å². The van der Waals surface area contributed by atoms with E-state index in [4.69, 9.17) is 4.74 Å². The fraction of sp³-hybridized carbons (Fsp3) is 0.133. The average Bonchev–Trinajstić information content (AvgIpc) is 2.99. The van der Waals surface area contributed by atoms with E-state index in [9.17, 15) is 4.79 Å². The van der Waals surface area contributed by atoms with Crippen LogP contribution < -0.4 is 0 Å². The highest BCUT2D eigenvalue weighted by Crippen LogP contribution is 2.28. The molecule has 3 nitrogen and oxygen atoms in total. The molecule has 1 aromatic rings. The predicted molar refractivity (Wildman–Crippen MR) is 68.6 cm³/mol. The van der Waals surface area contributed by atoms with Gasteiger partial charge in [0.2, 0.25) is 0 Å². The highest BCUT2D eigenvalue weighted by atomic mass is 16.6. The van der Waals surface area contributed by atoms with E-state index >= 15 is 0 Å². The maximum Gasteiger partial charge on any atom is 0.414 e. The van der Waals surface area contributed by atoms with E-state index in [1.165, 1.54) is 0 Å². The lowest BCUT2D eigenvalue weighted by Crippen LogP contribution is -2.27. The standard InChI is InChI=1S/C15H13NO2/c17-15(18-11-12-5-2-1-3-6-12)16-10-9-13-7-4-8-14(13)16/h1-9H,10-11H2. The van der Waals surface area contributed by atoms with Crippen molar-refractivity contribution in [1.82, 2.24) is 4.90 Å². The van der Waals surface area contributed by atoms with Gasteiger partial charge in [0.05, 0.1) is 5.70 Å². The number of carbonyl (C=O) groups is 1. The lowest BCUT2D eigenvalue weighted by Gasteiger charge is -2.17. The largest absolute Gasteiger partial charge is 0.444 e. The molecule has 90 valence electrons. The summed E-state index contributed by atoms with van der Waals surface area (Å²) >= 11 is 0. The van der Waals surface area contributed by atoms with Gasteiger partial charge in [0.15, 0.2) is 0 Å². The van der Waals surface area contributed by atoms with Crippen LogP contribution in [-0.4, -0.2) is 17.5 Å². The number of amides is 1. The molecule has 0 unspecified atom stereocenters. The van der Waals surface area contributed by atoms with Gasteiger partial charge in [-0.25, -0.2) is 4.79 Å². The molecule has 18 heavy (non-hydrogen) atoms. The van der Waals surface area contributed by atoms with Crippen molar-refractivity contribution in [2.45, 2.75) is 6.61 Å². The van der Waals surface area contributed by atoms with Crippen molar-refractivity contribution in [1.29, 1.82) is 0 Å². The molecule has 0 saturated heterocycles. The molecule has 3 heteroatoms. The Morgan fingerprint density at radius 2 is 2.11 bits per heavy atom. The van der Waals surface area contributed by atoms with Crippen LogP contribution in [0.4, 0.5) is 4.79 Å². The van der Waals surface area contributed by atoms with Gasteiger partial charge < -0.3 is 4.74 Å². The van der Waals surface area contributed by atoms with Crippen LogP contribution in [0.15, 0.2) is 65.9 Å². The van der Waals surface area contributed by atoms with Gasteiger partial charge >= 0.3 is 6.09 Å². The lowest BCUT2D eigenvalue weighted by atomic mass is 10.2. The first-order valence-electron chi connectivity index (χ1n) is 5.92. The topological polar surface area (TPSA) is 29.5 Å². The Labute approximate surface area is 106 Å². The number of hydrogen-bond donors (Lipinski definition) is 0. The van der Waals surface area contributed by atoms with Crippen molar-refractivity contribution in [3.05, 3.63) is 71.5 Å². The van der Waals surface area contributed by atoms with Gasteiger partial charge in [0, 0.05) is 6.54 Å². The minimum Gasteiger partial charge on any atom is -0.444 e. The predicted octanol–water partition coefficient (Wildman–Crippen LogP) is 3.02. The SMILES string of the molecule is O=C(OCc1ccccc1)N1CC=C2C=CC=C21. The first kappa shape index (κ1) is 10.8. The Balaban J connectivity index is 1.60. The minimum atomic E-state index is -0.292. The summed E-state index contributed by atoms with van der Waals surface area (Å²) in [6, 6.07) is 9.69. The van der Waals surface area contributed by atoms with E-state index in [1.807, 2.05) is 54.6 Å². The summed E-state index contributed by atoms with van der Waals surface area (Å²) in [5.41, 5.74) is 3.04. The molecular formula is C15H13NO2. The van der Waals surface area contributed by atoms with E-state index in [2.05, 4.69) is 0 Å². The number of fused-ring (bicyclic) bond motifs is 1. The van der Waals surface area contributed by atoms with Crippen molar-refractivity contribution in [3.63, 3.8) is 0 Å². The molecule has 0 spiro atoms. The molecule has 1 aromatic carbocycles. The number of rotatable bonds is 2. The van der Waals surface area contributed by atoms with Crippen LogP contribution in [0.1, 0.15) is 5.56 Å². The van der Waals surface area contributed by atoms with Gasteiger partial charge in [-0.05, 0) is 17.2 Å². The number of hydrogen-bond acceptors (Lipinski definition) is 2. The van der Waals surface area contributed by atoms with Gasteiger partial charge in [-0.1, -0.05) is 48.6 Å². The average molecular weight is 239 g/mol. The molecule has 0 saturated carbocycles. The third kappa shape index (κ3) is 1.95. The van der Waals surface area contributed by atoms with Crippen LogP contribution in [0.3, 0.4) is 0 Å². The summed E-state index contributed by atoms with van der Waals surface area (Å²) in [5, 5.41) is 0. The van der Waals surface area contributed by atoms with E-state index in [0.717, 1.165) is 16.8 Å². The zero-order valence-electron chi connectivity index (χ0n) is 9.87. The van der Waals surface area contributed by atoms with Crippen LogP contribution >= 0.6 is 0 Å². The summed E-state index contributed by atoms with van der Waals surface area (Å²) < 4.78 is 5.31. The molecule has 0 atom stereocenters. The van der Waals surface area contributed by atoms with E-state index in [-0.39, 0.29) is 6.09 Å². The zero-order valence-corrected chi connectivity index (χ0v) is 9.87. The van der Waals surface area contributed by atoms with Crippen molar-refractivity contribution >= 4 is 6.09 Å². The molecule has 0 bridgehead atoms. The number of allylic oxidation sites excluding steroid dienone is 3. The van der Waals surface area contributed by atoms with E-state index in [1.54, 1.807) is 4.90 Å². The Hall–Kier alpha value is -2.29. The van der Waals surface area contributed by atoms with E-state index < -0.39 is 0 Å². The summed E-state index contributed by atoms with van der Waals surface area (Å²) in [4.78, 5) is 13.6. The molecule has 1 amide bonds. The molecule has 0 aromatic heterocycles. The molecule has 0 radical (unpaired) electrons. The molecule has 1 aliphatic heterocycles. The first-order chi connectivity index (χ1) is 8.84. The fourth-order valence-electron chi connectivity index (χ4n) is 2.10. The summed E-state index contributed by atoms with van der Waals surface area (Å²) in [7, 11) is 0. The van der Waals surface area contributed by atoms with Gasteiger partial charge in [-0.2, -0.15) is 0 Å². The maximum absolute atomic E-state index is 12.0. The third-order valence-electron chi connectivity index (χ3n) is 3.04. The molecule has 3 rings (SSSR count). The Morgan fingerprint density at radius 1 is 1.28 bits per heavy atom. The summed E-state index contributed by atoms with van der Waals surface area (Å²) in [5.74, 6) is 0. The number of nitrogens with zero attached hydrogens (tertiary/aromatic N) is 1. The van der Waals surface area contributed by atoms with Crippen LogP contribution in [0.5, 0.6) is 0 Å². The lowest BCUT2D eigenvalue weighted by molar-refractivity contribution is 0.112. The highest BCUT2D eigenvalue weighted by molar-refractivity contribution is 5.75. The minimum absolute atomic E-state index is 0.292. The van der Waals surface area contributed by atoms with Crippen molar-refractivity contribution < 1.29 is 9.53 Å². The monoisotopic (exact) mass is 239 g/mol. The van der Waals surface area contributed by atoms with Gasteiger partial charge in [0.1, 0.15) is 6.61 Å². The molecule has 2 aliphatic rings. The highest BCUT2D eigenvalue weighted by Gasteiger charge is 2.26. The number of benzene rings is 1. The molecule has 1 heterocycles. The summed E-state index contributed by atoms with van der Waals surface area (Å²) in [6.07, 6.45) is 7.61. The normalized spacial score (nSPS) is 16.3. The molecule has 0 N–H and O–H groups in total. The Morgan fingerprint density at radius 3 is 2.94 bits per heavy atom. The Bertz CT molecular complexity index is 555. The fourth-order valence-corrected chi connectivity index (χ4v) is 2.10. The van der Waals surface area contributed by atoms with Crippen molar-refractivity contribution in [2.75, 3.05) is 6.54 Å². The third-order valence-corrected chi connectivity index (χ3v) is 3.04. The number of ether oxygens (including phenoxy) is 1. The van der Waals surface area contributed by atoms with Gasteiger partial charge in [0.25, 0.3) is 0 Å². The van der Waals surface area contributed by atoms with Crippen LogP contribution in [-0.2, 0) is 11.3 Å². The summed E-state index contributed by atoms with van der Waals surface area (Å²) in [6.45, 7) is 0.908.